The maximum atomic E-state index is 9.95. The Hall–Kier alpha value is -0.120. The molecule has 0 aromatic heterocycles. The molecule has 3 rings (SSSR count). The molecule has 3 fully saturated rings. The van der Waals surface area contributed by atoms with Crippen molar-refractivity contribution in [3.05, 3.63) is 0 Å². The van der Waals surface area contributed by atoms with Gasteiger partial charge >= 0.3 is 0 Å². The number of ether oxygens (including phenoxy) is 1. The Morgan fingerprint density at radius 1 is 1.50 bits per heavy atom. The third-order valence-electron chi connectivity index (χ3n) is 3.25. The van der Waals surface area contributed by atoms with Gasteiger partial charge in [0.2, 0.25) is 0 Å². The monoisotopic (exact) mass is 171 g/mol. The molecule has 3 aliphatic heterocycles. The Labute approximate surface area is 73.1 Å². The van der Waals surface area contributed by atoms with E-state index in [4.69, 9.17) is 4.74 Å². The van der Waals surface area contributed by atoms with Crippen LogP contribution in [-0.4, -0.2) is 29.6 Å². The van der Waals surface area contributed by atoms with Crippen LogP contribution in [0.2, 0.25) is 0 Å². The molecule has 3 nitrogen and oxygen atoms in total. The van der Waals surface area contributed by atoms with Crippen LogP contribution in [0.3, 0.4) is 0 Å². The zero-order chi connectivity index (χ0) is 8.77. The van der Waals surface area contributed by atoms with Gasteiger partial charge in [0, 0.05) is 6.04 Å². The van der Waals surface area contributed by atoms with Gasteiger partial charge in [-0.1, -0.05) is 6.92 Å². The molecule has 3 aliphatic rings. The molecule has 2 N–H and O–H groups in total. The maximum absolute atomic E-state index is 9.95. The van der Waals surface area contributed by atoms with Crippen molar-refractivity contribution >= 4 is 0 Å². The lowest BCUT2D eigenvalue weighted by Crippen LogP contribution is -2.52. The summed E-state index contributed by atoms with van der Waals surface area (Å²) in [5.74, 6) is 0.501. The summed E-state index contributed by atoms with van der Waals surface area (Å²) < 4.78 is 5.58. The van der Waals surface area contributed by atoms with E-state index in [1.54, 1.807) is 0 Å². The molecular formula is C9H17NO2. The number of aliphatic hydroxyl groups is 1. The molecule has 4 unspecified atom stereocenters. The van der Waals surface area contributed by atoms with E-state index in [1.165, 1.54) is 0 Å². The minimum atomic E-state index is -0.749. The van der Waals surface area contributed by atoms with Crippen LogP contribution >= 0.6 is 0 Å². The second-order valence-electron chi connectivity index (χ2n) is 4.21. The lowest BCUT2D eigenvalue weighted by molar-refractivity contribution is -0.122. The third kappa shape index (κ3) is 1.26. The van der Waals surface area contributed by atoms with Crippen molar-refractivity contribution in [2.24, 2.45) is 5.92 Å². The molecule has 0 aliphatic carbocycles. The van der Waals surface area contributed by atoms with Crippen LogP contribution in [0.1, 0.15) is 26.7 Å². The Kier molecular flexibility index (Phi) is 1.90. The minimum Gasteiger partial charge on any atom is -0.373 e. The normalized spacial score (nSPS) is 53.8. The van der Waals surface area contributed by atoms with E-state index in [9.17, 15) is 5.11 Å². The number of rotatable bonds is 0. The van der Waals surface area contributed by atoms with E-state index in [2.05, 4.69) is 19.2 Å². The molecule has 3 heteroatoms. The van der Waals surface area contributed by atoms with E-state index < -0.39 is 5.72 Å². The number of fused-ring (bicyclic) bond motifs is 4. The van der Waals surface area contributed by atoms with Gasteiger partial charge in [-0.25, -0.2) is 0 Å². The Morgan fingerprint density at radius 2 is 2.25 bits per heavy atom. The standard InChI is InChI=1S/C9H17NO2/c1-6-7(2)10-9(11)4-3-8(6)12-5-9/h6-8,10-11H,3-5H2,1-2H3. The molecule has 0 saturated carbocycles. The number of hydrogen-bond donors (Lipinski definition) is 2. The summed E-state index contributed by atoms with van der Waals surface area (Å²) in [6.07, 6.45) is 2.15. The summed E-state index contributed by atoms with van der Waals surface area (Å²) in [6.45, 7) is 4.74. The van der Waals surface area contributed by atoms with Crippen molar-refractivity contribution < 1.29 is 9.84 Å². The molecule has 0 aromatic carbocycles. The number of hydrogen-bond acceptors (Lipinski definition) is 3. The highest BCUT2D eigenvalue weighted by Gasteiger charge is 2.42. The highest BCUT2D eigenvalue weighted by atomic mass is 16.5. The van der Waals surface area contributed by atoms with E-state index >= 15 is 0 Å². The molecule has 0 amide bonds. The van der Waals surface area contributed by atoms with E-state index in [1.807, 2.05) is 0 Å². The van der Waals surface area contributed by atoms with Crippen molar-refractivity contribution in [3.63, 3.8) is 0 Å². The first kappa shape index (κ1) is 8.48. The van der Waals surface area contributed by atoms with Crippen molar-refractivity contribution in [2.75, 3.05) is 6.61 Å². The van der Waals surface area contributed by atoms with Gasteiger partial charge in [-0.05, 0) is 25.7 Å². The first-order chi connectivity index (χ1) is 5.61. The van der Waals surface area contributed by atoms with Crippen LogP contribution in [0.5, 0.6) is 0 Å². The number of nitrogens with one attached hydrogen (secondary N) is 1. The maximum Gasteiger partial charge on any atom is 0.139 e. The van der Waals surface area contributed by atoms with Crippen LogP contribution in [0.25, 0.3) is 0 Å². The van der Waals surface area contributed by atoms with Crippen molar-refractivity contribution in [1.29, 1.82) is 0 Å². The molecular weight excluding hydrogens is 154 g/mol. The van der Waals surface area contributed by atoms with Gasteiger partial charge in [0.15, 0.2) is 0 Å². The van der Waals surface area contributed by atoms with Gasteiger partial charge in [-0.3, -0.25) is 5.32 Å². The van der Waals surface area contributed by atoms with Crippen molar-refractivity contribution in [3.8, 4) is 0 Å². The summed E-state index contributed by atoms with van der Waals surface area (Å²) in [5.41, 5.74) is -0.749. The SMILES string of the molecule is CC1NC2(O)CCC(OC2)C1C. The fraction of sp³-hybridized carbons (Fsp3) is 1.00. The van der Waals surface area contributed by atoms with Crippen LogP contribution in [0, 0.1) is 5.92 Å². The molecule has 0 radical (unpaired) electrons. The lowest BCUT2D eigenvalue weighted by Gasteiger charge is -2.32. The summed E-state index contributed by atoms with van der Waals surface area (Å²) in [4.78, 5) is 0. The second kappa shape index (κ2) is 2.69. The molecule has 0 spiro atoms. The van der Waals surface area contributed by atoms with Gasteiger partial charge in [0.05, 0.1) is 12.7 Å². The quantitative estimate of drug-likeness (QED) is 0.557. The predicted molar refractivity (Wildman–Crippen MR) is 45.7 cm³/mol. The molecule has 12 heavy (non-hydrogen) atoms. The summed E-state index contributed by atoms with van der Waals surface area (Å²) in [6, 6.07) is 0.352. The summed E-state index contributed by atoms with van der Waals surface area (Å²) in [5, 5.41) is 13.2. The first-order valence-corrected chi connectivity index (χ1v) is 4.72. The molecule has 70 valence electrons. The van der Waals surface area contributed by atoms with Gasteiger partial charge in [-0.15, -0.1) is 0 Å². The van der Waals surface area contributed by atoms with Crippen molar-refractivity contribution in [1.82, 2.24) is 5.32 Å². The lowest BCUT2D eigenvalue weighted by atomic mass is 9.94. The smallest absolute Gasteiger partial charge is 0.139 e. The topological polar surface area (TPSA) is 41.5 Å². The zero-order valence-electron chi connectivity index (χ0n) is 7.71. The summed E-state index contributed by atoms with van der Waals surface area (Å²) >= 11 is 0. The van der Waals surface area contributed by atoms with Crippen LogP contribution in [0.15, 0.2) is 0 Å². The van der Waals surface area contributed by atoms with E-state index in [0.717, 1.165) is 12.8 Å². The fourth-order valence-electron chi connectivity index (χ4n) is 2.19. The molecule has 3 heterocycles. The van der Waals surface area contributed by atoms with Gasteiger partial charge < -0.3 is 9.84 Å². The van der Waals surface area contributed by atoms with Crippen LogP contribution in [0.4, 0.5) is 0 Å². The average Bonchev–Trinajstić information content (AvgIpc) is 2.18. The highest BCUT2D eigenvalue weighted by Crippen LogP contribution is 2.31. The second-order valence-corrected chi connectivity index (χ2v) is 4.21. The van der Waals surface area contributed by atoms with Crippen LogP contribution in [-0.2, 0) is 4.74 Å². The Morgan fingerprint density at radius 3 is 2.83 bits per heavy atom. The Balaban J connectivity index is 2.20. The van der Waals surface area contributed by atoms with E-state index in [0.29, 0.717) is 24.7 Å². The average molecular weight is 171 g/mol. The largest absolute Gasteiger partial charge is 0.373 e. The van der Waals surface area contributed by atoms with Gasteiger partial charge in [0.1, 0.15) is 5.72 Å². The minimum absolute atomic E-state index is 0.343. The predicted octanol–water partition coefficient (Wildman–Crippen LogP) is 0.482. The summed E-state index contributed by atoms with van der Waals surface area (Å²) in [7, 11) is 0. The van der Waals surface area contributed by atoms with Crippen LogP contribution < -0.4 is 5.32 Å². The fourth-order valence-corrected chi connectivity index (χ4v) is 2.19. The van der Waals surface area contributed by atoms with Gasteiger partial charge in [0.25, 0.3) is 0 Å². The molecule has 0 aromatic rings. The van der Waals surface area contributed by atoms with Crippen molar-refractivity contribution in [2.45, 2.75) is 44.6 Å². The third-order valence-corrected chi connectivity index (χ3v) is 3.25. The Bertz CT molecular complexity index is 175. The molecule has 4 atom stereocenters. The first-order valence-electron chi connectivity index (χ1n) is 4.72. The van der Waals surface area contributed by atoms with Gasteiger partial charge in [-0.2, -0.15) is 0 Å². The highest BCUT2D eigenvalue weighted by molar-refractivity contribution is 4.93. The molecule has 3 saturated heterocycles. The van der Waals surface area contributed by atoms with E-state index in [-0.39, 0.29) is 0 Å². The zero-order valence-corrected chi connectivity index (χ0v) is 7.71. The molecule has 2 bridgehead atoms.